The topological polar surface area (TPSA) is 88.1 Å². The molecule has 5 N–H and O–H groups in total. The second-order valence-corrected chi connectivity index (χ2v) is 4.08. The van der Waals surface area contributed by atoms with Crippen molar-refractivity contribution < 1.29 is 0 Å². The van der Waals surface area contributed by atoms with Gasteiger partial charge in [0.05, 0.1) is 5.69 Å². The number of aromatic nitrogens is 1. The van der Waals surface area contributed by atoms with Crippen LogP contribution >= 0.6 is 0 Å². The maximum atomic E-state index is 11.4. The normalized spacial score (nSPS) is 10.4. The van der Waals surface area contributed by atoms with Gasteiger partial charge in [0.2, 0.25) is 0 Å². The molecule has 16 heavy (non-hydrogen) atoms. The Labute approximate surface area is 94.8 Å². The Morgan fingerprint density at radius 1 is 1.56 bits per heavy atom. The number of hydrogen-bond donors (Lipinski definition) is 3. The van der Waals surface area contributed by atoms with Crippen LogP contribution in [0.25, 0.3) is 0 Å². The molecule has 0 amide bonds. The number of aromatic amines is 1. The van der Waals surface area contributed by atoms with Gasteiger partial charge in [-0.15, -0.1) is 0 Å². The number of H-pyrrole nitrogens is 1. The molecule has 0 atom stereocenters. The van der Waals surface area contributed by atoms with Crippen molar-refractivity contribution in [3.05, 3.63) is 29.2 Å². The van der Waals surface area contributed by atoms with Crippen LogP contribution in [0.15, 0.2) is 23.6 Å². The van der Waals surface area contributed by atoms with Crippen molar-refractivity contribution in [1.29, 1.82) is 0 Å². The molecule has 1 rings (SSSR count). The summed E-state index contributed by atoms with van der Waals surface area (Å²) in [6.07, 6.45) is 1.64. The lowest BCUT2D eigenvalue weighted by atomic mass is 10.2. The average Bonchev–Trinajstić information content (AvgIpc) is 2.20. The predicted molar refractivity (Wildman–Crippen MR) is 68.3 cm³/mol. The zero-order chi connectivity index (χ0) is 12.3. The first kappa shape index (κ1) is 12.2. The van der Waals surface area contributed by atoms with Crippen LogP contribution in [0, 0.1) is 5.92 Å². The molecule has 0 bridgehead atoms. The van der Waals surface area contributed by atoms with Gasteiger partial charge in [-0.05, 0) is 12.1 Å². The van der Waals surface area contributed by atoms with Crippen molar-refractivity contribution in [3.8, 4) is 0 Å². The van der Waals surface area contributed by atoms with Crippen molar-refractivity contribution >= 4 is 17.2 Å². The van der Waals surface area contributed by atoms with Gasteiger partial charge in [0.15, 0.2) is 0 Å². The van der Waals surface area contributed by atoms with Crippen molar-refractivity contribution in [2.24, 2.45) is 5.92 Å². The van der Waals surface area contributed by atoms with Crippen LogP contribution in [0.3, 0.4) is 0 Å². The number of nitrogen functional groups attached to an aromatic ring is 2. The summed E-state index contributed by atoms with van der Waals surface area (Å²) in [4.78, 5) is 15.7. The minimum absolute atomic E-state index is 0.162. The maximum absolute atomic E-state index is 11.4. The average molecular weight is 222 g/mol. The van der Waals surface area contributed by atoms with Gasteiger partial charge in [0, 0.05) is 12.6 Å². The van der Waals surface area contributed by atoms with Crippen LogP contribution in [0.4, 0.5) is 17.2 Å². The fourth-order valence-corrected chi connectivity index (χ4v) is 1.48. The van der Waals surface area contributed by atoms with Crippen LogP contribution in [-0.2, 0) is 0 Å². The van der Waals surface area contributed by atoms with Crippen molar-refractivity contribution in [1.82, 2.24) is 4.98 Å². The smallest absolute Gasteiger partial charge is 0.274 e. The third-order valence-electron chi connectivity index (χ3n) is 2.16. The Bertz CT molecular complexity index is 436. The molecular formula is C11H18N4O. The molecule has 0 unspecified atom stereocenters. The number of rotatable bonds is 4. The third-order valence-corrected chi connectivity index (χ3v) is 2.16. The largest absolute Gasteiger partial charge is 0.393 e. The van der Waals surface area contributed by atoms with E-state index in [0.717, 1.165) is 6.54 Å². The lowest BCUT2D eigenvalue weighted by Crippen LogP contribution is -2.25. The number of anilines is 3. The van der Waals surface area contributed by atoms with Gasteiger partial charge >= 0.3 is 0 Å². The highest BCUT2D eigenvalue weighted by Gasteiger charge is 2.12. The molecule has 1 aromatic rings. The van der Waals surface area contributed by atoms with Gasteiger partial charge in [-0.2, -0.15) is 0 Å². The molecule has 0 aliphatic rings. The standard InChI is InChI=1S/C11H18N4O/c1-4-15(6-7(2)3)8-5-9(12)14-11(16)10(8)13/h4-5,7H,1,6,13H2,2-3H3,(H3,12,14,16). The molecule has 0 radical (unpaired) electrons. The summed E-state index contributed by atoms with van der Waals surface area (Å²) < 4.78 is 0. The Morgan fingerprint density at radius 3 is 2.69 bits per heavy atom. The molecule has 88 valence electrons. The molecule has 0 fully saturated rings. The monoisotopic (exact) mass is 222 g/mol. The fraction of sp³-hybridized carbons (Fsp3) is 0.364. The van der Waals surface area contributed by atoms with Gasteiger partial charge in [-0.3, -0.25) is 4.79 Å². The highest BCUT2D eigenvalue weighted by Crippen LogP contribution is 2.22. The maximum Gasteiger partial charge on any atom is 0.274 e. The zero-order valence-electron chi connectivity index (χ0n) is 9.66. The number of nitrogens with one attached hydrogen (secondary N) is 1. The molecule has 0 aliphatic carbocycles. The predicted octanol–water partition coefficient (Wildman–Crippen LogP) is 1.15. The van der Waals surface area contributed by atoms with Crippen LogP contribution in [-0.4, -0.2) is 11.5 Å². The number of pyridine rings is 1. The molecule has 0 aliphatic heterocycles. The summed E-state index contributed by atoms with van der Waals surface area (Å²) in [5.41, 5.74) is 11.7. The van der Waals surface area contributed by atoms with Crippen LogP contribution in [0.5, 0.6) is 0 Å². The van der Waals surface area contributed by atoms with E-state index in [0.29, 0.717) is 17.4 Å². The summed E-state index contributed by atoms with van der Waals surface area (Å²) >= 11 is 0. The van der Waals surface area contributed by atoms with Gasteiger partial charge in [-0.25, -0.2) is 0 Å². The number of nitrogens with zero attached hydrogens (tertiary/aromatic N) is 1. The zero-order valence-corrected chi connectivity index (χ0v) is 9.66. The van der Waals surface area contributed by atoms with E-state index in [9.17, 15) is 4.79 Å². The number of hydrogen-bond acceptors (Lipinski definition) is 4. The van der Waals surface area contributed by atoms with E-state index in [1.807, 2.05) is 4.90 Å². The second kappa shape index (κ2) is 4.74. The van der Waals surface area contributed by atoms with E-state index in [2.05, 4.69) is 25.4 Å². The number of nitrogens with two attached hydrogens (primary N) is 2. The molecule has 1 aromatic heterocycles. The summed E-state index contributed by atoms with van der Waals surface area (Å²) in [5.74, 6) is 0.725. The van der Waals surface area contributed by atoms with Gasteiger partial charge in [0.25, 0.3) is 5.56 Å². The van der Waals surface area contributed by atoms with Crippen LogP contribution in [0.1, 0.15) is 13.8 Å². The lowest BCUT2D eigenvalue weighted by molar-refractivity contribution is 0.649. The molecule has 5 nitrogen and oxygen atoms in total. The molecule has 0 aromatic carbocycles. The quantitative estimate of drug-likeness (QED) is 0.713. The molecule has 5 heteroatoms. The van der Waals surface area contributed by atoms with Gasteiger partial charge in [0.1, 0.15) is 11.5 Å². The lowest BCUT2D eigenvalue weighted by Gasteiger charge is -2.23. The van der Waals surface area contributed by atoms with Crippen molar-refractivity contribution in [2.75, 3.05) is 22.9 Å². The Balaban J connectivity index is 3.19. The van der Waals surface area contributed by atoms with Crippen molar-refractivity contribution in [3.63, 3.8) is 0 Å². The van der Waals surface area contributed by atoms with Crippen molar-refractivity contribution in [2.45, 2.75) is 13.8 Å². The first-order valence-electron chi connectivity index (χ1n) is 5.13. The first-order valence-corrected chi connectivity index (χ1v) is 5.13. The third kappa shape index (κ3) is 2.56. The van der Waals surface area contributed by atoms with E-state index < -0.39 is 0 Å². The van der Waals surface area contributed by atoms with E-state index >= 15 is 0 Å². The summed E-state index contributed by atoms with van der Waals surface area (Å²) in [7, 11) is 0. The Hall–Kier alpha value is -1.91. The highest BCUT2D eigenvalue weighted by molar-refractivity contribution is 5.70. The molecule has 0 saturated carbocycles. The van der Waals surface area contributed by atoms with E-state index in [1.165, 1.54) is 0 Å². The molecule has 0 spiro atoms. The van der Waals surface area contributed by atoms with Crippen LogP contribution < -0.4 is 21.9 Å². The van der Waals surface area contributed by atoms with Gasteiger partial charge in [-0.1, -0.05) is 20.4 Å². The van der Waals surface area contributed by atoms with Gasteiger partial charge < -0.3 is 21.4 Å². The molecule has 0 saturated heterocycles. The SMILES string of the molecule is C=CN(CC(C)C)c1cc(N)[nH]c(=O)c1N. The Morgan fingerprint density at radius 2 is 2.19 bits per heavy atom. The Kier molecular flexibility index (Phi) is 3.60. The molecule has 1 heterocycles. The van der Waals surface area contributed by atoms with E-state index in [4.69, 9.17) is 11.5 Å². The summed E-state index contributed by atoms with van der Waals surface area (Å²) in [5, 5.41) is 0. The minimum Gasteiger partial charge on any atom is -0.393 e. The fourth-order valence-electron chi connectivity index (χ4n) is 1.48. The van der Waals surface area contributed by atoms with E-state index in [1.54, 1.807) is 12.3 Å². The van der Waals surface area contributed by atoms with Crippen LogP contribution in [0.2, 0.25) is 0 Å². The van der Waals surface area contributed by atoms with E-state index in [-0.39, 0.29) is 11.2 Å². The first-order chi connectivity index (χ1) is 7.45. The highest BCUT2D eigenvalue weighted by atomic mass is 16.1. The second-order valence-electron chi connectivity index (χ2n) is 4.08. The summed E-state index contributed by atoms with van der Waals surface area (Å²) in [6, 6.07) is 1.64. The summed E-state index contributed by atoms with van der Waals surface area (Å²) in [6.45, 7) is 8.59. The molecular weight excluding hydrogens is 204 g/mol. The minimum atomic E-state index is -0.370.